The largest absolute Gasteiger partial charge is 0.467 e. The lowest BCUT2D eigenvalue weighted by Gasteiger charge is -2.14. The Kier molecular flexibility index (Phi) is 7.22. The first-order chi connectivity index (χ1) is 18.9. The van der Waals surface area contributed by atoms with Crippen LogP contribution in [-0.4, -0.2) is 20.9 Å². The number of benzene rings is 3. The van der Waals surface area contributed by atoms with E-state index < -0.39 is 11.2 Å². The molecule has 0 aliphatic carbocycles. The number of furan rings is 1. The number of rotatable bonds is 8. The van der Waals surface area contributed by atoms with Gasteiger partial charge in [0.2, 0.25) is 5.91 Å². The van der Waals surface area contributed by atoms with Crippen LogP contribution >= 0.6 is 0 Å². The van der Waals surface area contributed by atoms with Crippen molar-refractivity contribution in [3.8, 4) is 0 Å². The molecule has 0 aliphatic heterocycles. The Hall–Kier alpha value is -5.18. The molecule has 5 rings (SSSR count). The van der Waals surface area contributed by atoms with Gasteiger partial charge in [0.15, 0.2) is 0 Å². The molecule has 0 aliphatic rings. The number of nitrogens with zero attached hydrogens (tertiary/aromatic N) is 2. The molecule has 39 heavy (non-hydrogen) atoms. The Bertz CT molecular complexity index is 1770. The fraction of sp³-hybridized carbons (Fsp3) is 0.133. The summed E-state index contributed by atoms with van der Waals surface area (Å²) in [6.07, 6.45) is 1.54. The van der Waals surface area contributed by atoms with Gasteiger partial charge < -0.3 is 15.1 Å². The summed E-state index contributed by atoms with van der Waals surface area (Å²) in [5.41, 5.74) is 2.03. The van der Waals surface area contributed by atoms with Crippen LogP contribution in [0, 0.1) is 6.92 Å². The van der Waals surface area contributed by atoms with Crippen molar-refractivity contribution in [3.63, 3.8) is 0 Å². The van der Waals surface area contributed by atoms with Gasteiger partial charge in [0.1, 0.15) is 12.3 Å². The van der Waals surface area contributed by atoms with E-state index in [4.69, 9.17) is 4.42 Å². The van der Waals surface area contributed by atoms with Gasteiger partial charge in [0, 0.05) is 11.3 Å². The Morgan fingerprint density at radius 1 is 0.872 bits per heavy atom. The van der Waals surface area contributed by atoms with Gasteiger partial charge in [-0.25, -0.2) is 4.79 Å². The topological polar surface area (TPSA) is 115 Å². The Morgan fingerprint density at radius 3 is 2.41 bits per heavy atom. The lowest BCUT2D eigenvalue weighted by molar-refractivity contribution is -0.116. The standard InChI is InChI=1S/C30H26N4O5/c1-20-6-4-7-23(16-20)32-27(35)19-33-26-10-3-2-9-25(26)29(37)34(30(33)38)18-21-11-13-22(14-12-21)28(36)31-17-24-8-5-15-39-24/h2-16H,17-19H2,1H3,(H,31,36)(H,32,35). The fourth-order valence-corrected chi connectivity index (χ4v) is 4.36. The number of fused-ring (bicyclic) bond motifs is 1. The van der Waals surface area contributed by atoms with Crippen LogP contribution in [0.25, 0.3) is 10.9 Å². The molecule has 0 saturated heterocycles. The Labute approximate surface area is 223 Å². The highest BCUT2D eigenvalue weighted by atomic mass is 16.3. The molecule has 196 valence electrons. The number of anilines is 1. The number of hydrogen-bond donors (Lipinski definition) is 2. The van der Waals surface area contributed by atoms with Crippen molar-refractivity contribution < 1.29 is 14.0 Å². The monoisotopic (exact) mass is 522 g/mol. The number of para-hydroxylation sites is 1. The third-order valence-corrected chi connectivity index (χ3v) is 6.30. The predicted molar refractivity (Wildman–Crippen MR) is 148 cm³/mol. The summed E-state index contributed by atoms with van der Waals surface area (Å²) >= 11 is 0. The molecular weight excluding hydrogens is 496 g/mol. The number of carbonyl (C=O) groups is 2. The Morgan fingerprint density at radius 2 is 1.67 bits per heavy atom. The number of aryl methyl sites for hydroxylation is 1. The second kappa shape index (κ2) is 11.1. The second-order valence-corrected chi connectivity index (χ2v) is 9.15. The smallest absolute Gasteiger partial charge is 0.332 e. The summed E-state index contributed by atoms with van der Waals surface area (Å²) in [7, 11) is 0. The molecule has 2 aromatic heterocycles. The van der Waals surface area contributed by atoms with E-state index in [0.717, 1.165) is 10.1 Å². The maximum Gasteiger partial charge on any atom is 0.332 e. The van der Waals surface area contributed by atoms with Crippen LogP contribution in [-0.2, 0) is 24.4 Å². The van der Waals surface area contributed by atoms with Crippen molar-refractivity contribution in [2.24, 2.45) is 0 Å². The minimum absolute atomic E-state index is 0.0176. The highest BCUT2D eigenvalue weighted by Crippen LogP contribution is 2.12. The summed E-state index contributed by atoms with van der Waals surface area (Å²) in [5, 5.41) is 5.92. The van der Waals surface area contributed by atoms with E-state index in [1.165, 1.54) is 10.8 Å². The summed E-state index contributed by atoms with van der Waals surface area (Å²) in [4.78, 5) is 52.1. The number of nitrogens with one attached hydrogen (secondary N) is 2. The summed E-state index contributed by atoms with van der Waals surface area (Å²) < 4.78 is 7.63. The zero-order valence-corrected chi connectivity index (χ0v) is 21.2. The van der Waals surface area contributed by atoms with Crippen molar-refractivity contribution in [2.75, 3.05) is 5.32 Å². The zero-order chi connectivity index (χ0) is 27.4. The van der Waals surface area contributed by atoms with E-state index in [2.05, 4.69) is 10.6 Å². The zero-order valence-electron chi connectivity index (χ0n) is 21.2. The van der Waals surface area contributed by atoms with Gasteiger partial charge in [-0.05, 0) is 66.6 Å². The van der Waals surface area contributed by atoms with Crippen LogP contribution in [0.15, 0.2) is 105 Å². The molecule has 0 saturated carbocycles. The van der Waals surface area contributed by atoms with Crippen molar-refractivity contribution in [2.45, 2.75) is 26.6 Å². The van der Waals surface area contributed by atoms with E-state index >= 15 is 0 Å². The molecule has 0 fully saturated rings. The third kappa shape index (κ3) is 5.72. The Balaban J connectivity index is 1.39. The molecule has 2 heterocycles. The number of carbonyl (C=O) groups excluding carboxylic acids is 2. The molecule has 2 N–H and O–H groups in total. The number of amides is 2. The summed E-state index contributed by atoms with van der Waals surface area (Å²) in [5.74, 6) is -0.0229. The number of aromatic nitrogens is 2. The molecule has 9 nitrogen and oxygen atoms in total. The summed E-state index contributed by atoms with van der Waals surface area (Å²) in [6.45, 7) is 1.90. The van der Waals surface area contributed by atoms with E-state index in [-0.39, 0.29) is 31.4 Å². The molecule has 9 heteroatoms. The first-order valence-corrected chi connectivity index (χ1v) is 12.4. The van der Waals surface area contributed by atoms with Crippen LogP contribution in [0.3, 0.4) is 0 Å². The lowest BCUT2D eigenvalue weighted by atomic mass is 10.1. The van der Waals surface area contributed by atoms with Gasteiger partial charge in [0.25, 0.3) is 11.5 Å². The molecule has 0 spiro atoms. The predicted octanol–water partition coefficient (Wildman–Crippen LogP) is 3.68. The molecule has 0 unspecified atom stereocenters. The van der Waals surface area contributed by atoms with Gasteiger partial charge in [-0.2, -0.15) is 0 Å². The SMILES string of the molecule is Cc1cccc(NC(=O)Cn2c(=O)n(Cc3ccc(C(=O)NCc4ccco4)cc3)c(=O)c3ccccc32)c1. The van der Waals surface area contributed by atoms with Crippen LogP contribution in [0.2, 0.25) is 0 Å². The molecule has 0 radical (unpaired) electrons. The quantitative estimate of drug-likeness (QED) is 0.323. The fourth-order valence-electron chi connectivity index (χ4n) is 4.36. The molecule has 3 aromatic carbocycles. The maximum atomic E-state index is 13.5. The molecule has 5 aromatic rings. The van der Waals surface area contributed by atoms with E-state index in [0.29, 0.717) is 33.5 Å². The van der Waals surface area contributed by atoms with Gasteiger partial charge in [0.05, 0.1) is 30.3 Å². The van der Waals surface area contributed by atoms with Crippen LogP contribution in [0.4, 0.5) is 5.69 Å². The normalized spacial score (nSPS) is 10.9. The highest BCUT2D eigenvalue weighted by Gasteiger charge is 2.16. The van der Waals surface area contributed by atoms with Gasteiger partial charge in [-0.1, -0.05) is 36.4 Å². The number of hydrogen-bond acceptors (Lipinski definition) is 5. The molecule has 0 atom stereocenters. The molecule has 0 bridgehead atoms. The van der Waals surface area contributed by atoms with Gasteiger partial charge >= 0.3 is 5.69 Å². The van der Waals surface area contributed by atoms with Crippen molar-refractivity contribution in [1.29, 1.82) is 0 Å². The highest BCUT2D eigenvalue weighted by molar-refractivity contribution is 5.94. The minimum Gasteiger partial charge on any atom is -0.467 e. The minimum atomic E-state index is -0.599. The van der Waals surface area contributed by atoms with Crippen LogP contribution in [0.1, 0.15) is 27.2 Å². The second-order valence-electron chi connectivity index (χ2n) is 9.15. The first kappa shape index (κ1) is 25.5. The van der Waals surface area contributed by atoms with Gasteiger partial charge in [-0.3, -0.25) is 23.5 Å². The summed E-state index contributed by atoms with van der Waals surface area (Å²) in [6, 6.07) is 24.2. The maximum absolute atomic E-state index is 13.5. The molecule has 2 amide bonds. The van der Waals surface area contributed by atoms with Crippen molar-refractivity contribution in [3.05, 3.63) is 134 Å². The van der Waals surface area contributed by atoms with E-state index in [9.17, 15) is 19.2 Å². The molecular formula is C30H26N4O5. The average Bonchev–Trinajstić information content (AvgIpc) is 3.46. The van der Waals surface area contributed by atoms with Gasteiger partial charge in [-0.15, -0.1) is 0 Å². The first-order valence-electron chi connectivity index (χ1n) is 12.4. The van der Waals surface area contributed by atoms with Crippen LogP contribution < -0.4 is 21.9 Å². The third-order valence-electron chi connectivity index (χ3n) is 6.30. The average molecular weight is 523 g/mol. The lowest BCUT2D eigenvalue weighted by Crippen LogP contribution is -2.42. The van der Waals surface area contributed by atoms with E-state index in [1.54, 1.807) is 66.7 Å². The van der Waals surface area contributed by atoms with Crippen LogP contribution in [0.5, 0.6) is 0 Å². The van der Waals surface area contributed by atoms with E-state index in [1.807, 2.05) is 25.1 Å². The van der Waals surface area contributed by atoms with Crippen molar-refractivity contribution in [1.82, 2.24) is 14.5 Å². The van der Waals surface area contributed by atoms with Crippen molar-refractivity contribution >= 4 is 28.4 Å².